The number of ether oxygens (including phenoxy) is 1. The topological polar surface area (TPSA) is 101 Å². The number of anilines is 1. The lowest BCUT2D eigenvalue weighted by Gasteiger charge is -2.40. The molecule has 1 saturated carbocycles. The summed E-state index contributed by atoms with van der Waals surface area (Å²) in [7, 11) is -1.66. The normalized spacial score (nSPS) is 26.3. The summed E-state index contributed by atoms with van der Waals surface area (Å²) >= 11 is 0. The molecule has 1 aliphatic carbocycles. The summed E-state index contributed by atoms with van der Waals surface area (Å²) in [4.78, 5) is 23.1. The zero-order valence-corrected chi connectivity index (χ0v) is 19.7. The van der Waals surface area contributed by atoms with Crippen LogP contribution in [0.2, 0.25) is 0 Å². The van der Waals surface area contributed by atoms with E-state index in [4.69, 9.17) is 4.74 Å². The second-order valence-electron chi connectivity index (χ2n) is 9.06. The van der Waals surface area contributed by atoms with Gasteiger partial charge in [-0.1, -0.05) is 0 Å². The van der Waals surface area contributed by atoms with E-state index in [0.717, 1.165) is 18.6 Å². The average molecular weight is 501 g/mol. The zero-order chi connectivity index (χ0) is 24.7. The third-order valence-corrected chi connectivity index (χ3v) is 7.69. The van der Waals surface area contributed by atoms with Crippen molar-refractivity contribution in [2.75, 3.05) is 31.0 Å². The van der Waals surface area contributed by atoms with Crippen LogP contribution in [0, 0.1) is 5.92 Å². The lowest BCUT2D eigenvalue weighted by atomic mass is 9.83. The summed E-state index contributed by atoms with van der Waals surface area (Å²) in [5, 5.41) is 3.19. The van der Waals surface area contributed by atoms with Crippen molar-refractivity contribution in [1.29, 1.82) is 0 Å². The largest absolute Gasteiger partial charge is 0.416 e. The number of sulfone groups is 1. The zero-order valence-electron chi connectivity index (χ0n) is 18.9. The summed E-state index contributed by atoms with van der Waals surface area (Å²) in [5.74, 6) is -0.327. The summed E-state index contributed by atoms with van der Waals surface area (Å²) in [6.45, 7) is 0.426. The minimum atomic E-state index is -4.52. The van der Waals surface area contributed by atoms with Crippen molar-refractivity contribution in [2.24, 2.45) is 5.92 Å². The van der Waals surface area contributed by atoms with Gasteiger partial charge in [0.05, 0.1) is 22.9 Å². The predicted octanol–water partition coefficient (Wildman–Crippen LogP) is 2.89. The third-order valence-electron chi connectivity index (χ3n) is 6.66. The van der Waals surface area contributed by atoms with Crippen LogP contribution in [-0.2, 0) is 25.5 Å². The number of methoxy groups -OCH3 is 1. The lowest BCUT2D eigenvalue weighted by Crippen LogP contribution is -2.49. The van der Waals surface area contributed by atoms with Crippen LogP contribution < -0.4 is 5.32 Å². The van der Waals surface area contributed by atoms with Gasteiger partial charge in [-0.25, -0.2) is 18.4 Å². The number of nitrogens with one attached hydrogen (secondary N) is 1. The Hall–Kier alpha value is -2.47. The average Bonchev–Trinajstić information content (AvgIpc) is 3.11. The Kier molecular flexibility index (Phi) is 6.74. The van der Waals surface area contributed by atoms with Crippen LogP contribution in [0.5, 0.6) is 0 Å². The molecule has 1 N–H and O–H groups in total. The number of rotatable bonds is 6. The summed E-state index contributed by atoms with van der Waals surface area (Å²) < 4.78 is 69.1. The number of nitrogens with zero attached hydrogens (tertiary/aromatic N) is 3. The minimum Gasteiger partial charge on any atom is -0.381 e. The maximum absolute atomic E-state index is 13.3. The van der Waals surface area contributed by atoms with Gasteiger partial charge in [0.1, 0.15) is 28.0 Å². The molecule has 1 saturated heterocycles. The Morgan fingerprint density at radius 1 is 1.21 bits per heavy atom. The predicted molar refractivity (Wildman–Crippen MR) is 120 cm³/mol. The van der Waals surface area contributed by atoms with Gasteiger partial charge >= 0.3 is 6.18 Å². The molecule has 12 heteroatoms. The van der Waals surface area contributed by atoms with Crippen molar-refractivity contribution in [3.63, 3.8) is 0 Å². The maximum Gasteiger partial charge on any atom is 0.416 e. The van der Waals surface area contributed by atoms with Gasteiger partial charge < -0.3 is 15.0 Å². The van der Waals surface area contributed by atoms with Crippen molar-refractivity contribution in [2.45, 2.75) is 50.0 Å². The summed E-state index contributed by atoms with van der Waals surface area (Å²) in [5.41, 5.74) is -0.491. The SMILES string of the molecule is CO[C@@H]1CC[C@H](N2CC[C@H](Nc3ncnc4ccc(C(F)(F)F)cc34)C2=O)[C@H](CS(C)(=O)=O)C1. The fourth-order valence-corrected chi connectivity index (χ4v) is 6.21. The molecular weight excluding hydrogens is 473 g/mol. The van der Waals surface area contributed by atoms with Gasteiger partial charge in [-0.2, -0.15) is 13.2 Å². The van der Waals surface area contributed by atoms with Crippen molar-refractivity contribution >= 4 is 32.5 Å². The maximum atomic E-state index is 13.3. The van der Waals surface area contributed by atoms with Crippen LogP contribution in [0.4, 0.5) is 19.0 Å². The molecule has 4 atom stereocenters. The molecule has 2 aromatic rings. The standard InChI is InChI=1S/C22H27F3N4O4S/c1-33-15-4-6-19(13(9-15)11-34(2,31)32)29-8-7-18(21(29)30)28-20-16-10-14(22(23,24)25)3-5-17(16)26-12-27-20/h3,5,10,12-13,15,18-19H,4,6-9,11H2,1-2H3,(H,26,27,28)/t13-,15+,18-,19-/m0/s1. The lowest BCUT2D eigenvalue weighted by molar-refractivity contribution is -0.137. The van der Waals surface area contributed by atoms with Crippen LogP contribution in [0.15, 0.2) is 24.5 Å². The van der Waals surface area contributed by atoms with E-state index in [1.165, 1.54) is 18.6 Å². The number of likely N-dealkylation sites (tertiary alicyclic amines) is 1. The molecule has 1 aromatic heterocycles. The Labute approximate surface area is 195 Å². The molecule has 1 amide bonds. The van der Waals surface area contributed by atoms with E-state index in [2.05, 4.69) is 15.3 Å². The van der Waals surface area contributed by atoms with Gasteiger partial charge in [-0.3, -0.25) is 4.79 Å². The van der Waals surface area contributed by atoms with Crippen molar-refractivity contribution in [3.8, 4) is 0 Å². The number of carbonyl (C=O) groups is 1. The number of aromatic nitrogens is 2. The van der Waals surface area contributed by atoms with E-state index in [0.29, 0.717) is 31.3 Å². The number of halogens is 3. The highest BCUT2D eigenvalue weighted by molar-refractivity contribution is 7.90. The van der Waals surface area contributed by atoms with E-state index in [1.54, 1.807) is 12.0 Å². The van der Waals surface area contributed by atoms with E-state index in [-0.39, 0.29) is 40.9 Å². The fourth-order valence-electron chi connectivity index (χ4n) is 5.08. The Morgan fingerprint density at radius 3 is 2.65 bits per heavy atom. The van der Waals surface area contributed by atoms with Gasteiger partial charge in [0.15, 0.2) is 0 Å². The number of hydrogen-bond acceptors (Lipinski definition) is 7. The van der Waals surface area contributed by atoms with Crippen molar-refractivity contribution in [3.05, 3.63) is 30.1 Å². The molecular formula is C22H27F3N4O4S. The first-order valence-electron chi connectivity index (χ1n) is 11.1. The Balaban J connectivity index is 1.55. The van der Waals surface area contributed by atoms with Crippen LogP contribution in [0.25, 0.3) is 10.9 Å². The number of carbonyl (C=O) groups excluding carboxylic acids is 1. The highest BCUT2D eigenvalue weighted by atomic mass is 32.2. The molecule has 4 rings (SSSR count). The first-order chi connectivity index (χ1) is 16.0. The molecule has 2 fully saturated rings. The number of alkyl halides is 3. The van der Waals surface area contributed by atoms with Crippen LogP contribution in [0.1, 0.15) is 31.2 Å². The minimum absolute atomic E-state index is 0.0316. The monoisotopic (exact) mass is 500 g/mol. The first kappa shape index (κ1) is 24.6. The summed E-state index contributed by atoms with van der Waals surface area (Å²) in [6.07, 6.45) is 0.186. The molecule has 8 nitrogen and oxygen atoms in total. The Bertz CT molecular complexity index is 1170. The number of fused-ring (bicyclic) bond motifs is 1. The highest BCUT2D eigenvalue weighted by Gasteiger charge is 2.43. The van der Waals surface area contributed by atoms with Gasteiger partial charge in [0.2, 0.25) is 5.91 Å². The van der Waals surface area contributed by atoms with Gasteiger partial charge in [0, 0.05) is 31.3 Å². The van der Waals surface area contributed by atoms with Crippen LogP contribution >= 0.6 is 0 Å². The molecule has 0 radical (unpaired) electrons. The van der Waals surface area contributed by atoms with Crippen molar-refractivity contribution < 1.29 is 31.1 Å². The van der Waals surface area contributed by atoms with E-state index >= 15 is 0 Å². The van der Waals surface area contributed by atoms with E-state index < -0.39 is 27.6 Å². The molecule has 2 aliphatic rings. The molecule has 2 heterocycles. The number of amides is 1. The van der Waals surface area contributed by atoms with Crippen molar-refractivity contribution in [1.82, 2.24) is 14.9 Å². The number of benzene rings is 1. The van der Waals surface area contributed by atoms with Crippen LogP contribution in [0.3, 0.4) is 0 Å². The van der Waals surface area contributed by atoms with Gasteiger partial charge in [-0.05, 0) is 49.8 Å². The summed E-state index contributed by atoms with van der Waals surface area (Å²) in [6, 6.07) is 2.30. The second kappa shape index (κ2) is 9.29. The van der Waals surface area contributed by atoms with Gasteiger partial charge in [0.25, 0.3) is 0 Å². The molecule has 0 bridgehead atoms. The van der Waals surface area contributed by atoms with E-state index in [9.17, 15) is 26.4 Å². The third kappa shape index (κ3) is 5.27. The first-order valence-corrected chi connectivity index (χ1v) is 13.1. The fraction of sp³-hybridized carbons (Fsp3) is 0.591. The van der Waals surface area contributed by atoms with Crippen LogP contribution in [-0.4, -0.2) is 73.0 Å². The second-order valence-corrected chi connectivity index (χ2v) is 11.2. The molecule has 0 spiro atoms. The molecule has 1 aliphatic heterocycles. The highest BCUT2D eigenvalue weighted by Crippen LogP contribution is 2.35. The molecule has 34 heavy (non-hydrogen) atoms. The molecule has 186 valence electrons. The molecule has 0 unspecified atom stereocenters. The van der Waals surface area contributed by atoms with E-state index in [1.807, 2.05) is 0 Å². The van der Waals surface area contributed by atoms with Gasteiger partial charge in [-0.15, -0.1) is 0 Å². The smallest absolute Gasteiger partial charge is 0.381 e. The molecule has 1 aromatic carbocycles. The number of hydrogen-bond donors (Lipinski definition) is 1. The quantitative estimate of drug-likeness (QED) is 0.651. The Morgan fingerprint density at radius 2 is 1.97 bits per heavy atom.